The Morgan fingerprint density at radius 3 is 2.73 bits per heavy atom. The predicted octanol–water partition coefficient (Wildman–Crippen LogP) is 2.96. The van der Waals surface area contributed by atoms with E-state index in [0.717, 1.165) is 52.6 Å². The number of hydrogen-bond donors (Lipinski definition) is 0. The minimum atomic E-state index is 0.709. The molecule has 0 spiro atoms. The van der Waals surface area contributed by atoms with Crippen LogP contribution in [0, 0.1) is 5.92 Å². The monoisotopic (exact) mass is 365 g/mol. The molecule has 26 heavy (non-hydrogen) atoms. The molecule has 0 saturated carbocycles. The fraction of sp³-hybridized carbons (Fsp3) is 0.333. The van der Waals surface area contributed by atoms with Gasteiger partial charge in [-0.25, -0.2) is 14.6 Å². The highest BCUT2D eigenvalue weighted by molar-refractivity contribution is 7.10. The first-order valence-electron chi connectivity index (χ1n) is 8.72. The molecule has 5 heterocycles. The average molecular weight is 365 g/mol. The third-order valence-electron chi connectivity index (χ3n) is 5.03. The lowest BCUT2D eigenvalue weighted by Gasteiger charge is -2.17. The van der Waals surface area contributed by atoms with Crippen LogP contribution in [0.3, 0.4) is 0 Å². The van der Waals surface area contributed by atoms with Crippen molar-refractivity contribution in [2.45, 2.75) is 19.9 Å². The van der Waals surface area contributed by atoms with Gasteiger partial charge in [-0.3, -0.25) is 0 Å². The lowest BCUT2D eigenvalue weighted by molar-refractivity contribution is 0.658. The molecule has 1 fully saturated rings. The Morgan fingerprint density at radius 1 is 1.23 bits per heavy atom. The van der Waals surface area contributed by atoms with Gasteiger partial charge in [0.15, 0.2) is 5.82 Å². The van der Waals surface area contributed by atoms with E-state index in [-0.39, 0.29) is 0 Å². The van der Waals surface area contributed by atoms with Crippen molar-refractivity contribution in [3.05, 3.63) is 48.7 Å². The van der Waals surface area contributed by atoms with Crippen molar-refractivity contribution in [3.8, 4) is 5.82 Å². The first kappa shape index (κ1) is 15.5. The molecule has 2 aliphatic heterocycles. The number of anilines is 2. The highest BCUT2D eigenvalue weighted by Crippen LogP contribution is 2.36. The first-order chi connectivity index (χ1) is 12.7. The second kappa shape index (κ2) is 5.91. The van der Waals surface area contributed by atoms with E-state index >= 15 is 0 Å². The highest BCUT2D eigenvalue weighted by Gasteiger charge is 2.28. The van der Waals surface area contributed by atoms with Crippen LogP contribution in [0.1, 0.15) is 24.6 Å². The smallest absolute Gasteiger partial charge is 0.171 e. The zero-order chi connectivity index (χ0) is 17.7. The van der Waals surface area contributed by atoms with Gasteiger partial charge in [0.25, 0.3) is 0 Å². The zero-order valence-electron chi connectivity index (χ0n) is 14.5. The molecule has 1 saturated heterocycles. The van der Waals surface area contributed by atoms with Crippen molar-refractivity contribution in [3.63, 3.8) is 0 Å². The third kappa shape index (κ3) is 2.48. The average Bonchev–Trinajstić information content (AvgIpc) is 3.41. The Balaban J connectivity index is 1.37. The molecular formula is C18H19N7S. The maximum Gasteiger partial charge on any atom is 0.171 e. The molecule has 7 nitrogen and oxygen atoms in total. The first-order valence-corrected chi connectivity index (χ1v) is 9.50. The summed E-state index contributed by atoms with van der Waals surface area (Å²) in [5, 5.41) is 5.78. The van der Waals surface area contributed by atoms with Gasteiger partial charge in [0.05, 0.1) is 24.6 Å². The Morgan fingerprint density at radius 2 is 2.08 bits per heavy atom. The maximum atomic E-state index is 4.69. The quantitative estimate of drug-likeness (QED) is 0.711. The van der Waals surface area contributed by atoms with E-state index in [1.165, 1.54) is 18.0 Å². The molecule has 0 bridgehead atoms. The van der Waals surface area contributed by atoms with Crippen LogP contribution in [-0.2, 0) is 6.54 Å². The summed E-state index contributed by atoms with van der Waals surface area (Å²) >= 11 is 1.47. The molecule has 8 heteroatoms. The van der Waals surface area contributed by atoms with Gasteiger partial charge in [0.1, 0.15) is 10.8 Å². The molecule has 0 amide bonds. The van der Waals surface area contributed by atoms with Gasteiger partial charge in [-0.1, -0.05) is 13.5 Å². The highest BCUT2D eigenvalue weighted by atomic mass is 32.1. The Hall–Kier alpha value is -2.74. The summed E-state index contributed by atoms with van der Waals surface area (Å²) in [6, 6.07) is 2.00. The largest absolute Gasteiger partial charge is 0.355 e. The number of aromatic nitrogens is 5. The van der Waals surface area contributed by atoms with E-state index < -0.39 is 0 Å². The summed E-state index contributed by atoms with van der Waals surface area (Å²) in [5.41, 5.74) is 3.01. The molecule has 0 aliphatic carbocycles. The second-order valence-corrected chi connectivity index (χ2v) is 7.70. The SMILES string of the molecule is C=C1c2cn(-c3cnc(N4CCC(C)C4)cn3)nc2CN1c1ccns1. The van der Waals surface area contributed by atoms with Crippen LogP contribution < -0.4 is 9.80 Å². The van der Waals surface area contributed by atoms with Gasteiger partial charge in [-0.2, -0.15) is 9.47 Å². The summed E-state index contributed by atoms with van der Waals surface area (Å²) in [6.07, 6.45) is 8.65. The van der Waals surface area contributed by atoms with E-state index in [1.807, 2.05) is 24.7 Å². The molecule has 5 rings (SSSR count). The van der Waals surface area contributed by atoms with Crippen LogP contribution in [0.4, 0.5) is 10.8 Å². The van der Waals surface area contributed by atoms with E-state index in [1.54, 1.807) is 10.9 Å². The minimum Gasteiger partial charge on any atom is -0.355 e. The van der Waals surface area contributed by atoms with Crippen LogP contribution in [0.15, 0.2) is 37.4 Å². The number of rotatable bonds is 3. The molecule has 1 atom stereocenters. The predicted molar refractivity (Wildman–Crippen MR) is 102 cm³/mol. The van der Waals surface area contributed by atoms with Gasteiger partial charge < -0.3 is 9.80 Å². The third-order valence-corrected chi connectivity index (χ3v) is 5.80. The summed E-state index contributed by atoms with van der Waals surface area (Å²) in [5.74, 6) is 2.39. The van der Waals surface area contributed by atoms with Crippen LogP contribution in [0.2, 0.25) is 0 Å². The Kier molecular flexibility index (Phi) is 3.53. The number of nitrogens with zero attached hydrogens (tertiary/aromatic N) is 7. The molecule has 0 radical (unpaired) electrons. The van der Waals surface area contributed by atoms with E-state index in [4.69, 9.17) is 5.10 Å². The Labute approximate surface area is 155 Å². The lowest BCUT2D eigenvalue weighted by Crippen LogP contribution is -2.20. The summed E-state index contributed by atoms with van der Waals surface area (Å²) < 4.78 is 5.96. The van der Waals surface area contributed by atoms with Gasteiger partial charge in [-0.15, -0.1) is 0 Å². The molecule has 3 aromatic rings. The van der Waals surface area contributed by atoms with Gasteiger partial charge >= 0.3 is 0 Å². The van der Waals surface area contributed by atoms with Crippen molar-refractivity contribution >= 4 is 28.0 Å². The van der Waals surface area contributed by atoms with E-state index in [9.17, 15) is 0 Å². The molecule has 132 valence electrons. The van der Waals surface area contributed by atoms with Gasteiger partial charge in [0.2, 0.25) is 0 Å². The summed E-state index contributed by atoms with van der Waals surface area (Å²) in [7, 11) is 0. The summed E-state index contributed by atoms with van der Waals surface area (Å²) in [4.78, 5) is 13.6. The Bertz CT molecular complexity index is 945. The van der Waals surface area contributed by atoms with Crippen molar-refractivity contribution in [2.24, 2.45) is 5.92 Å². The van der Waals surface area contributed by atoms with Crippen LogP contribution in [0.5, 0.6) is 0 Å². The van der Waals surface area contributed by atoms with Crippen molar-refractivity contribution in [2.75, 3.05) is 22.9 Å². The summed E-state index contributed by atoms with van der Waals surface area (Å²) in [6.45, 7) is 9.31. The van der Waals surface area contributed by atoms with Crippen molar-refractivity contribution in [1.29, 1.82) is 0 Å². The minimum absolute atomic E-state index is 0.709. The molecule has 0 aromatic carbocycles. The fourth-order valence-electron chi connectivity index (χ4n) is 3.57. The molecule has 3 aromatic heterocycles. The zero-order valence-corrected chi connectivity index (χ0v) is 15.4. The van der Waals surface area contributed by atoms with Crippen LogP contribution in [-0.4, -0.2) is 37.2 Å². The molecule has 0 N–H and O–H groups in total. The number of hydrogen-bond acceptors (Lipinski definition) is 7. The topological polar surface area (TPSA) is 63.0 Å². The number of fused-ring (bicyclic) bond motifs is 1. The molecule has 2 aliphatic rings. The lowest BCUT2D eigenvalue weighted by atomic mass is 10.2. The van der Waals surface area contributed by atoms with Crippen LogP contribution >= 0.6 is 11.5 Å². The van der Waals surface area contributed by atoms with Crippen molar-refractivity contribution in [1.82, 2.24) is 24.1 Å². The van der Waals surface area contributed by atoms with Gasteiger partial charge in [0, 0.05) is 36.7 Å². The van der Waals surface area contributed by atoms with E-state index in [2.05, 4.69) is 37.6 Å². The maximum absolute atomic E-state index is 4.69. The standard InChI is InChI=1S/C18H19N7S/c1-12-4-6-23(9-12)16-7-20-17(8-19-16)25-10-14-13(2)24(11-15(14)22-25)18-3-5-21-26-18/h3,5,7-8,10,12H,2,4,6,9,11H2,1H3. The van der Waals surface area contributed by atoms with Gasteiger partial charge in [-0.05, 0) is 29.9 Å². The molecule has 1 unspecified atom stereocenters. The van der Waals surface area contributed by atoms with Crippen LogP contribution in [0.25, 0.3) is 11.5 Å². The fourth-order valence-corrected chi connectivity index (χ4v) is 4.20. The second-order valence-electron chi connectivity index (χ2n) is 6.89. The van der Waals surface area contributed by atoms with E-state index in [0.29, 0.717) is 6.54 Å². The molecular weight excluding hydrogens is 346 g/mol. The normalized spacial score (nSPS) is 19.4. The van der Waals surface area contributed by atoms with Crippen molar-refractivity contribution < 1.29 is 0 Å².